The van der Waals surface area contributed by atoms with Gasteiger partial charge in [0.25, 0.3) is 0 Å². The predicted molar refractivity (Wildman–Crippen MR) is 200 cm³/mol. The molecule has 6 fully saturated rings. The van der Waals surface area contributed by atoms with Crippen molar-refractivity contribution in [2.45, 2.75) is 159 Å². The molecule has 0 spiro atoms. The zero-order chi connectivity index (χ0) is 39.1. The normalized spacial score (nSPS) is 29.7. The lowest BCUT2D eigenvalue weighted by Gasteiger charge is -2.45. The second kappa shape index (κ2) is 15.9. The Hall–Kier alpha value is -3.59. The second-order valence-electron chi connectivity index (χ2n) is 17.2. The molecular formula is C39H62N8O7. The average Bonchev–Trinajstić information content (AvgIpc) is 4.00. The number of amides is 6. The van der Waals surface area contributed by atoms with Crippen LogP contribution in [-0.4, -0.2) is 164 Å². The fourth-order valence-electron chi connectivity index (χ4n) is 10.5. The van der Waals surface area contributed by atoms with Crippen molar-refractivity contribution in [3.8, 4) is 0 Å². The van der Waals surface area contributed by atoms with E-state index in [1.165, 1.54) is 4.90 Å². The standard InChI is InChI=1S/C39H62N8O7/c1-6-41-33(50)27-15-8-20-43(27)34(51)28-16-9-21-44(28)36(53)30-18-12-24-47(30)39(4,5)32(49)26-14-11-23-46(26)38(2,3)31(48)25-13-7-19-42(25)35(52)29-17-10-22-45(29)37(40)54/h25-30H,6-24H2,1-5H3,(H2,40,54)(H,41,50)/t25-,26-,27-,28-,29-,30-/m1/s1. The number of likely N-dealkylation sites (tertiary alicyclic amines) is 6. The van der Waals surface area contributed by atoms with E-state index in [4.69, 9.17) is 5.73 Å². The lowest BCUT2D eigenvalue weighted by Crippen LogP contribution is -2.65. The summed E-state index contributed by atoms with van der Waals surface area (Å²) >= 11 is 0. The van der Waals surface area contributed by atoms with Crippen molar-refractivity contribution in [2.24, 2.45) is 5.73 Å². The molecule has 6 saturated heterocycles. The van der Waals surface area contributed by atoms with Crippen LogP contribution in [0.15, 0.2) is 0 Å². The zero-order valence-corrected chi connectivity index (χ0v) is 33.0. The van der Waals surface area contributed by atoms with Gasteiger partial charge < -0.3 is 30.7 Å². The number of nitrogens with two attached hydrogens (primary N) is 1. The molecule has 15 nitrogen and oxygen atoms in total. The van der Waals surface area contributed by atoms with Gasteiger partial charge >= 0.3 is 6.03 Å². The number of Topliss-reactive ketones (excluding diaryl/α,β-unsaturated/α-hetero) is 2. The minimum Gasteiger partial charge on any atom is -0.355 e. The van der Waals surface area contributed by atoms with Crippen LogP contribution < -0.4 is 11.1 Å². The van der Waals surface area contributed by atoms with Crippen LogP contribution in [0.4, 0.5) is 4.79 Å². The fraction of sp³-hybridized carbons (Fsp3) is 0.821. The Balaban J connectivity index is 1.15. The van der Waals surface area contributed by atoms with Crippen molar-refractivity contribution in [3.05, 3.63) is 0 Å². The van der Waals surface area contributed by atoms with E-state index < -0.39 is 53.4 Å². The summed E-state index contributed by atoms with van der Waals surface area (Å²) in [7, 11) is 0. The maximum atomic E-state index is 14.8. The van der Waals surface area contributed by atoms with Gasteiger partial charge in [0.1, 0.15) is 18.1 Å². The summed E-state index contributed by atoms with van der Waals surface area (Å²) < 4.78 is 0. The smallest absolute Gasteiger partial charge is 0.315 e. The summed E-state index contributed by atoms with van der Waals surface area (Å²) in [5.74, 6) is -0.845. The zero-order valence-electron chi connectivity index (χ0n) is 33.0. The number of rotatable bonds is 11. The molecule has 15 heteroatoms. The van der Waals surface area contributed by atoms with Crippen LogP contribution in [0.1, 0.15) is 112 Å². The number of primary amides is 1. The molecule has 0 saturated carbocycles. The topological polar surface area (TPSA) is 177 Å². The maximum absolute atomic E-state index is 14.8. The number of likely N-dealkylation sites (N-methyl/N-ethyl adjacent to an activating group) is 1. The number of nitrogens with zero attached hydrogens (tertiary/aromatic N) is 6. The molecule has 6 heterocycles. The monoisotopic (exact) mass is 754 g/mol. The molecule has 6 rings (SSSR count). The summed E-state index contributed by atoms with van der Waals surface area (Å²) in [5.41, 5.74) is 3.49. The first-order chi connectivity index (χ1) is 25.6. The van der Waals surface area contributed by atoms with E-state index in [2.05, 4.69) is 5.32 Å². The molecule has 300 valence electrons. The third-order valence-electron chi connectivity index (χ3n) is 13.4. The quantitative estimate of drug-likeness (QED) is 0.315. The summed E-state index contributed by atoms with van der Waals surface area (Å²) in [6.45, 7) is 12.7. The third-order valence-corrected chi connectivity index (χ3v) is 13.4. The number of hydrogen-bond acceptors (Lipinski definition) is 9. The van der Waals surface area contributed by atoms with Gasteiger partial charge in [-0.05, 0) is 125 Å². The van der Waals surface area contributed by atoms with Gasteiger partial charge in [0.05, 0.1) is 29.2 Å². The highest BCUT2D eigenvalue weighted by atomic mass is 16.2. The molecule has 6 aliphatic heterocycles. The van der Waals surface area contributed by atoms with E-state index in [9.17, 15) is 33.6 Å². The van der Waals surface area contributed by atoms with Crippen molar-refractivity contribution >= 4 is 41.2 Å². The number of ketones is 2. The first-order valence-corrected chi connectivity index (χ1v) is 20.5. The van der Waals surface area contributed by atoms with E-state index in [1.807, 2.05) is 44.4 Å². The molecule has 6 aliphatic rings. The number of carbonyl (C=O) groups is 7. The molecule has 0 aliphatic carbocycles. The van der Waals surface area contributed by atoms with Crippen molar-refractivity contribution in [2.75, 3.05) is 45.8 Å². The van der Waals surface area contributed by atoms with Gasteiger partial charge in [0.2, 0.25) is 23.6 Å². The number of nitrogens with one attached hydrogen (secondary N) is 1. The van der Waals surface area contributed by atoms with Crippen LogP contribution in [0, 0.1) is 0 Å². The lowest BCUT2D eigenvalue weighted by atomic mass is 9.85. The summed E-state index contributed by atoms with van der Waals surface area (Å²) in [6, 6.07) is -4.19. The van der Waals surface area contributed by atoms with Gasteiger partial charge in [0, 0.05) is 32.7 Å². The molecule has 3 N–H and O–H groups in total. The number of urea groups is 1. The first-order valence-electron chi connectivity index (χ1n) is 20.5. The SMILES string of the molecule is CCNC(=O)[C@H]1CCCN1C(=O)[C@H]1CCCN1C(=O)[C@H]1CCCN1C(C)(C)C(=O)[C@H]1CCCN1C(C)(C)C(=O)[C@H]1CCCN1C(=O)[C@H]1CCCN1C(N)=O. The van der Waals surface area contributed by atoms with E-state index in [0.29, 0.717) is 104 Å². The van der Waals surface area contributed by atoms with Gasteiger partial charge in [0.15, 0.2) is 11.6 Å². The van der Waals surface area contributed by atoms with E-state index in [1.54, 1.807) is 14.7 Å². The molecule has 0 bridgehead atoms. The summed E-state index contributed by atoms with van der Waals surface area (Å²) in [6.07, 6.45) is 7.65. The molecule has 0 aromatic rings. The van der Waals surface area contributed by atoms with Gasteiger partial charge in [-0.25, -0.2) is 4.79 Å². The lowest BCUT2D eigenvalue weighted by molar-refractivity contribution is -0.151. The van der Waals surface area contributed by atoms with E-state index in [-0.39, 0.29) is 35.2 Å². The van der Waals surface area contributed by atoms with Gasteiger partial charge in [-0.2, -0.15) is 0 Å². The largest absolute Gasteiger partial charge is 0.355 e. The van der Waals surface area contributed by atoms with E-state index >= 15 is 0 Å². The van der Waals surface area contributed by atoms with Crippen molar-refractivity contribution < 1.29 is 33.6 Å². The Morgan fingerprint density at radius 3 is 1.39 bits per heavy atom. The van der Waals surface area contributed by atoms with Crippen LogP contribution in [0.3, 0.4) is 0 Å². The van der Waals surface area contributed by atoms with Crippen molar-refractivity contribution in [1.82, 2.24) is 34.7 Å². The fourth-order valence-corrected chi connectivity index (χ4v) is 10.5. The van der Waals surface area contributed by atoms with Crippen LogP contribution in [0.2, 0.25) is 0 Å². The van der Waals surface area contributed by atoms with Crippen molar-refractivity contribution in [3.63, 3.8) is 0 Å². The second-order valence-corrected chi connectivity index (χ2v) is 17.2. The maximum Gasteiger partial charge on any atom is 0.315 e. The highest BCUT2D eigenvalue weighted by Gasteiger charge is 2.54. The van der Waals surface area contributed by atoms with Gasteiger partial charge in [-0.3, -0.25) is 38.6 Å². The number of hydrogen-bond donors (Lipinski definition) is 2. The highest BCUT2D eigenvalue weighted by Crippen LogP contribution is 2.38. The van der Waals surface area contributed by atoms with Crippen molar-refractivity contribution in [1.29, 1.82) is 0 Å². The molecule has 6 atom stereocenters. The number of carbonyl (C=O) groups excluding carboxylic acids is 7. The molecule has 0 unspecified atom stereocenters. The Labute approximate surface area is 319 Å². The minimum atomic E-state index is -1.05. The van der Waals surface area contributed by atoms with Crippen LogP contribution in [0.5, 0.6) is 0 Å². The highest BCUT2D eigenvalue weighted by molar-refractivity contribution is 5.99. The predicted octanol–water partition coefficient (Wildman–Crippen LogP) is 1.26. The Morgan fingerprint density at radius 2 is 0.852 bits per heavy atom. The molecule has 6 amide bonds. The van der Waals surface area contributed by atoms with Gasteiger partial charge in [-0.1, -0.05) is 0 Å². The Kier molecular flexibility index (Phi) is 11.8. The Morgan fingerprint density at radius 1 is 0.500 bits per heavy atom. The average molecular weight is 755 g/mol. The van der Waals surface area contributed by atoms with Crippen LogP contribution in [-0.2, 0) is 28.8 Å². The van der Waals surface area contributed by atoms with Gasteiger partial charge in [-0.15, -0.1) is 0 Å². The summed E-state index contributed by atoms with van der Waals surface area (Å²) in [5, 5.41) is 2.85. The molecule has 0 aromatic heterocycles. The molecule has 0 aromatic carbocycles. The van der Waals surface area contributed by atoms with E-state index in [0.717, 1.165) is 19.3 Å². The third kappa shape index (κ3) is 7.14. The molecule has 54 heavy (non-hydrogen) atoms. The first kappa shape index (κ1) is 40.1. The minimum absolute atomic E-state index is 0.0427. The summed E-state index contributed by atoms with van der Waals surface area (Å²) in [4.78, 5) is 106. The Bertz CT molecular complexity index is 1520. The van der Waals surface area contributed by atoms with Crippen LogP contribution >= 0.6 is 0 Å². The van der Waals surface area contributed by atoms with Crippen LogP contribution in [0.25, 0.3) is 0 Å². The molecular weight excluding hydrogens is 692 g/mol. The molecule has 0 radical (unpaired) electrons.